The summed E-state index contributed by atoms with van der Waals surface area (Å²) < 4.78 is 0. The van der Waals surface area contributed by atoms with E-state index in [4.69, 9.17) is 17.3 Å². The third-order valence-corrected chi connectivity index (χ3v) is 3.01. The molecule has 0 bridgehead atoms. The maximum absolute atomic E-state index is 11.9. The Hall–Kier alpha value is -1.20. The SMILES string of the molecule is NC1(C(=O)Nc2nccc(Cl)n2)CCCC1. The zero-order valence-corrected chi connectivity index (χ0v) is 9.50. The maximum atomic E-state index is 11.9. The molecule has 86 valence electrons. The summed E-state index contributed by atoms with van der Waals surface area (Å²) in [6.45, 7) is 0. The van der Waals surface area contributed by atoms with Crippen molar-refractivity contribution in [2.45, 2.75) is 31.2 Å². The monoisotopic (exact) mass is 240 g/mol. The molecule has 0 aliphatic heterocycles. The Balaban J connectivity index is 2.07. The summed E-state index contributed by atoms with van der Waals surface area (Å²) in [7, 11) is 0. The molecule has 1 aliphatic rings. The predicted molar refractivity (Wildman–Crippen MR) is 61.1 cm³/mol. The quantitative estimate of drug-likeness (QED) is 0.765. The molecule has 0 aromatic carbocycles. The molecule has 1 heterocycles. The Morgan fingerprint density at radius 2 is 2.19 bits per heavy atom. The van der Waals surface area contributed by atoms with E-state index < -0.39 is 5.54 Å². The van der Waals surface area contributed by atoms with Crippen molar-refractivity contribution in [1.82, 2.24) is 9.97 Å². The number of carbonyl (C=O) groups is 1. The van der Waals surface area contributed by atoms with Crippen LogP contribution in [0, 0.1) is 0 Å². The molecule has 3 N–H and O–H groups in total. The summed E-state index contributed by atoms with van der Waals surface area (Å²) in [5.41, 5.74) is 5.22. The number of nitrogens with zero attached hydrogens (tertiary/aromatic N) is 2. The van der Waals surface area contributed by atoms with E-state index in [-0.39, 0.29) is 11.9 Å². The van der Waals surface area contributed by atoms with Crippen molar-refractivity contribution in [3.63, 3.8) is 0 Å². The molecule has 1 aromatic rings. The molecule has 2 rings (SSSR count). The number of amides is 1. The van der Waals surface area contributed by atoms with Crippen LogP contribution in [0.1, 0.15) is 25.7 Å². The highest BCUT2D eigenvalue weighted by molar-refractivity contribution is 6.29. The van der Waals surface area contributed by atoms with Gasteiger partial charge in [0.15, 0.2) is 0 Å². The van der Waals surface area contributed by atoms with Crippen LogP contribution in [-0.4, -0.2) is 21.4 Å². The molecule has 1 fully saturated rings. The molecular weight excluding hydrogens is 228 g/mol. The molecule has 0 saturated heterocycles. The molecule has 0 radical (unpaired) electrons. The lowest BCUT2D eigenvalue weighted by Gasteiger charge is -2.21. The molecule has 5 nitrogen and oxygen atoms in total. The first-order chi connectivity index (χ1) is 7.60. The summed E-state index contributed by atoms with van der Waals surface area (Å²) in [4.78, 5) is 19.7. The van der Waals surface area contributed by atoms with Gasteiger partial charge in [-0.3, -0.25) is 10.1 Å². The number of anilines is 1. The fourth-order valence-electron chi connectivity index (χ4n) is 1.86. The first kappa shape index (κ1) is 11.3. The number of carbonyl (C=O) groups excluding carboxylic acids is 1. The van der Waals surface area contributed by atoms with E-state index >= 15 is 0 Å². The Kier molecular flexibility index (Phi) is 3.07. The van der Waals surface area contributed by atoms with E-state index in [0.29, 0.717) is 18.0 Å². The van der Waals surface area contributed by atoms with Gasteiger partial charge in [-0.2, -0.15) is 0 Å². The van der Waals surface area contributed by atoms with Crippen molar-refractivity contribution >= 4 is 23.5 Å². The van der Waals surface area contributed by atoms with Crippen LogP contribution in [0.4, 0.5) is 5.95 Å². The summed E-state index contributed by atoms with van der Waals surface area (Å²) in [5, 5.41) is 2.89. The minimum absolute atomic E-state index is 0.203. The predicted octanol–water partition coefficient (Wildman–Crippen LogP) is 1.34. The lowest BCUT2D eigenvalue weighted by molar-refractivity contribution is -0.121. The minimum atomic E-state index is -0.772. The number of halogens is 1. The van der Waals surface area contributed by atoms with Crippen LogP contribution >= 0.6 is 11.6 Å². The topological polar surface area (TPSA) is 80.9 Å². The van der Waals surface area contributed by atoms with Gasteiger partial charge in [-0.15, -0.1) is 0 Å². The van der Waals surface area contributed by atoms with Crippen molar-refractivity contribution in [1.29, 1.82) is 0 Å². The number of nitrogens with two attached hydrogens (primary N) is 1. The number of hydrogen-bond donors (Lipinski definition) is 2. The van der Waals surface area contributed by atoms with E-state index in [1.165, 1.54) is 6.20 Å². The Bertz CT molecular complexity index is 404. The highest BCUT2D eigenvalue weighted by atomic mass is 35.5. The highest BCUT2D eigenvalue weighted by Crippen LogP contribution is 2.28. The van der Waals surface area contributed by atoms with Crippen molar-refractivity contribution in [2.75, 3.05) is 5.32 Å². The number of hydrogen-bond acceptors (Lipinski definition) is 4. The molecule has 0 spiro atoms. The molecule has 1 saturated carbocycles. The molecule has 0 atom stereocenters. The van der Waals surface area contributed by atoms with Gasteiger partial charge in [-0.1, -0.05) is 24.4 Å². The normalized spacial score (nSPS) is 18.4. The van der Waals surface area contributed by atoms with Gasteiger partial charge in [0, 0.05) is 6.20 Å². The van der Waals surface area contributed by atoms with E-state index in [0.717, 1.165) is 12.8 Å². The second-order valence-corrected chi connectivity index (χ2v) is 4.41. The molecular formula is C10H13ClN4O. The Labute approximate surface area is 98.4 Å². The standard InChI is InChI=1S/C10H13ClN4O/c11-7-3-6-13-9(14-7)15-8(16)10(12)4-1-2-5-10/h3,6H,1-2,4-5,12H2,(H,13,14,15,16). The van der Waals surface area contributed by atoms with Gasteiger partial charge in [0.2, 0.25) is 11.9 Å². The van der Waals surface area contributed by atoms with E-state index in [1.54, 1.807) is 6.07 Å². The van der Waals surface area contributed by atoms with Crippen LogP contribution in [0.25, 0.3) is 0 Å². The second-order valence-electron chi connectivity index (χ2n) is 4.02. The van der Waals surface area contributed by atoms with E-state index in [9.17, 15) is 4.79 Å². The summed E-state index contributed by atoms with van der Waals surface area (Å²) in [5.74, 6) is -0.0264. The molecule has 6 heteroatoms. The zero-order chi connectivity index (χ0) is 11.6. The van der Waals surface area contributed by atoms with Crippen LogP contribution in [0.2, 0.25) is 5.15 Å². The first-order valence-corrected chi connectivity index (χ1v) is 5.57. The number of aromatic nitrogens is 2. The van der Waals surface area contributed by atoms with Crippen LogP contribution in [0.5, 0.6) is 0 Å². The van der Waals surface area contributed by atoms with E-state index in [2.05, 4.69) is 15.3 Å². The Morgan fingerprint density at radius 3 is 2.81 bits per heavy atom. The van der Waals surface area contributed by atoms with Crippen molar-refractivity contribution in [2.24, 2.45) is 5.73 Å². The van der Waals surface area contributed by atoms with Crippen LogP contribution < -0.4 is 11.1 Å². The summed E-state index contributed by atoms with van der Waals surface area (Å²) >= 11 is 5.69. The highest BCUT2D eigenvalue weighted by Gasteiger charge is 2.37. The minimum Gasteiger partial charge on any atom is -0.317 e. The third-order valence-electron chi connectivity index (χ3n) is 2.79. The lowest BCUT2D eigenvalue weighted by Crippen LogP contribution is -2.48. The van der Waals surface area contributed by atoms with Gasteiger partial charge in [0.05, 0.1) is 5.54 Å². The average Bonchev–Trinajstić information content (AvgIpc) is 2.66. The zero-order valence-electron chi connectivity index (χ0n) is 8.74. The lowest BCUT2D eigenvalue weighted by atomic mass is 9.98. The molecule has 1 aromatic heterocycles. The second kappa shape index (κ2) is 4.35. The maximum Gasteiger partial charge on any atom is 0.246 e. The Morgan fingerprint density at radius 1 is 1.50 bits per heavy atom. The number of rotatable bonds is 2. The molecule has 1 aliphatic carbocycles. The van der Waals surface area contributed by atoms with Gasteiger partial charge >= 0.3 is 0 Å². The van der Waals surface area contributed by atoms with Crippen molar-refractivity contribution in [3.05, 3.63) is 17.4 Å². The van der Waals surface area contributed by atoms with Crippen LogP contribution in [-0.2, 0) is 4.79 Å². The molecule has 0 unspecified atom stereocenters. The van der Waals surface area contributed by atoms with Crippen LogP contribution in [0.3, 0.4) is 0 Å². The van der Waals surface area contributed by atoms with Gasteiger partial charge < -0.3 is 5.73 Å². The summed E-state index contributed by atoms with van der Waals surface area (Å²) in [6, 6.07) is 1.55. The van der Waals surface area contributed by atoms with Gasteiger partial charge in [-0.25, -0.2) is 9.97 Å². The molecule has 1 amide bonds. The smallest absolute Gasteiger partial charge is 0.246 e. The summed E-state index contributed by atoms with van der Waals surface area (Å²) in [6.07, 6.45) is 4.88. The fraction of sp³-hybridized carbons (Fsp3) is 0.500. The number of nitrogens with one attached hydrogen (secondary N) is 1. The molecule has 16 heavy (non-hydrogen) atoms. The van der Waals surface area contributed by atoms with Gasteiger partial charge in [0.25, 0.3) is 0 Å². The third kappa shape index (κ3) is 2.31. The van der Waals surface area contributed by atoms with Crippen molar-refractivity contribution in [3.8, 4) is 0 Å². The van der Waals surface area contributed by atoms with E-state index in [1.807, 2.05) is 0 Å². The van der Waals surface area contributed by atoms with Gasteiger partial charge in [0.1, 0.15) is 5.15 Å². The first-order valence-electron chi connectivity index (χ1n) is 5.19. The fourth-order valence-corrected chi connectivity index (χ4v) is 1.99. The van der Waals surface area contributed by atoms with Crippen molar-refractivity contribution < 1.29 is 4.79 Å². The largest absolute Gasteiger partial charge is 0.317 e. The average molecular weight is 241 g/mol. The van der Waals surface area contributed by atoms with Gasteiger partial charge in [-0.05, 0) is 18.9 Å². The van der Waals surface area contributed by atoms with Crippen LogP contribution in [0.15, 0.2) is 12.3 Å².